The molecule has 0 amide bonds. The quantitative estimate of drug-likeness (QED) is 0.566. The monoisotopic (exact) mass is 358 g/mol. The molecule has 0 saturated heterocycles. The van der Waals surface area contributed by atoms with Crippen LogP contribution in [0.1, 0.15) is 32.3 Å². The Kier molecular flexibility index (Phi) is 5.76. The number of rotatable bonds is 8. The van der Waals surface area contributed by atoms with Crippen LogP contribution in [0.5, 0.6) is 5.88 Å². The average molecular weight is 359 g/mol. The van der Waals surface area contributed by atoms with Crippen LogP contribution in [-0.2, 0) is 6.42 Å². The molecule has 0 bridgehead atoms. The summed E-state index contributed by atoms with van der Waals surface area (Å²) in [6.45, 7) is 4.90. The summed E-state index contributed by atoms with van der Waals surface area (Å²) in [7, 11) is 0. The highest BCUT2D eigenvalue weighted by Crippen LogP contribution is 2.20. The minimum atomic E-state index is 0.144. The van der Waals surface area contributed by atoms with Crippen molar-refractivity contribution in [3.63, 3.8) is 0 Å². The lowest BCUT2D eigenvalue weighted by atomic mass is 10.1. The normalized spacial score (nSPS) is 11.2. The molecule has 0 radical (unpaired) electrons. The maximum Gasteiger partial charge on any atom is 0.227 e. The molecule has 3 aromatic rings. The van der Waals surface area contributed by atoms with E-state index in [0.717, 1.165) is 24.8 Å². The molecule has 2 aromatic heterocycles. The molecule has 5 nitrogen and oxygen atoms in total. The Morgan fingerprint density at radius 3 is 2.80 bits per heavy atom. The van der Waals surface area contributed by atoms with Gasteiger partial charge in [-0.2, -0.15) is 4.98 Å². The second-order valence-electron chi connectivity index (χ2n) is 5.95. The summed E-state index contributed by atoms with van der Waals surface area (Å²) < 4.78 is 5.86. The molecule has 0 saturated carbocycles. The van der Waals surface area contributed by atoms with Crippen LogP contribution in [-0.4, -0.2) is 27.6 Å². The zero-order valence-corrected chi connectivity index (χ0v) is 15.3. The summed E-state index contributed by atoms with van der Waals surface area (Å²) in [6, 6.07) is 9.94. The van der Waals surface area contributed by atoms with E-state index < -0.39 is 0 Å². The summed E-state index contributed by atoms with van der Waals surface area (Å²) >= 11 is 6.10. The molecule has 0 aliphatic rings. The van der Waals surface area contributed by atoms with Crippen molar-refractivity contribution in [2.24, 2.45) is 0 Å². The highest BCUT2D eigenvalue weighted by molar-refractivity contribution is 6.29. The number of benzene rings is 1. The second-order valence-corrected chi connectivity index (χ2v) is 6.33. The Hall–Kier alpha value is -2.27. The number of nitrogens with one attached hydrogen (secondary N) is 2. The van der Waals surface area contributed by atoms with Crippen molar-refractivity contribution in [3.05, 3.63) is 47.2 Å². The van der Waals surface area contributed by atoms with Gasteiger partial charge in [0.1, 0.15) is 5.15 Å². The number of hydrogen-bond acceptors (Lipinski definition) is 4. The largest absolute Gasteiger partial charge is 0.474 e. The predicted molar refractivity (Wildman–Crippen MR) is 103 cm³/mol. The van der Waals surface area contributed by atoms with E-state index in [1.54, 1.807) is 6.07 Å². The van der Waals surface area contributed by atoms with E-state index in [1.807, 2.05) is 12.3 Å². The number of fused-ring (bicyclic) bond motifs is 1. The molecular weight excluding hydrogens is 336 g/mol. The fraction of sp³-hybridized carbons (Fsp3) is 0.368. The van der Waals surface area contributed by atoms with Crippen LogP contribution >= 0.6 is 11.6 Å². The van der Waals surface area contributed by atoms with Gasteiger partial charge in [-0.1, -0.05) is 43.6 Å². The Labute approximate surface area is 152 Å². The van der Waals surface area contributed by atoms with Crippen LogP contribution in [0.3, 0.4) is 0 Å². The molecule has 6 heteroatoms. The minimum absolute atomic E-state index is 0.144. The Balaban J connectivity index is 1.63. The first kappa shape index (κ1) is 17.5. The molecule has 0 unspecified atom stereocenters. The highest BCUT2D eigenvalue weighted by Gasteiger charge is 2.10. The summed E-state index contributed by atoms with van der Waals surface area (Å²) in [5.74, 6) is 1.01. The van der Waals surface area contributed by atoms with Gasteiger partial charge in [0.15, 0.2) is 0 Å². The first-order valence-electron chi connectivity index (χ1n) is 8.69. The van der Waals surface area contributed by atoms with Crippen LogP contribution in [0.4, 0.5) is 5.95 Å². The third-order valence-electron chi connectivity index (χ3n) is 4.22. The summed E-state index contributed by atoms with van der Waals surface area (Å²) in [6.07, 6.45) is 4.92. The number of anilines is 1. The minimum Gasteiger partial charge on any atom is -0.474 e. The molecule has 1 aromatic carbocycles. The van der Waals surface area contributed by atoms with Gasteiger partial charge in [0, 0.05) is 29.7 Å². The number of H-pyrrole nitrogens is 1. The number of para-hydroxylation sites is 1. The lowest BCUT2D eigenvalue weighted by Crippen LogP contribution is -2.15. The van der Waals surface area contributed by atoms with E-state index in [4.69, 9.17) is 16.3 Å². The zero-order chi connectivity index (χ0) is 17.6. The Morgan fingerprint density at radius 1 is 1.20 bits per heavy atom. The summed E-state index contributed by atoms with van der Waals surface area (Å²) in [5.41, 5.74) is 2.41. The number of hydrogen-bond donors (Lipinski definition) is 2. The smallest absolute Gasteiger partial charge is 0.227 e. The fourth-order valence-corrected chi connectivity index (χ4v) is 2.98. The molecule has 0 fully saturated rings. The molecule has 2 heterocycles. The van der Waals surface area contributed by atoms with Gasteiger partial charge in [-0.3, -0.25) is 0 Å². The first-order chi connectivity index (χ1) is 12.2. The Bertz CT molecular complexity index is 829. The van der Waals surface area contributed by atoms with Gasteiger partial charge in [0.2, 0.25) is 11.8 Å². The van der Waals surface area contributed by atoms with Crippen molar-refractivity contribution < 1.29 is 4.74 Å². The number of nitrogens with zero attached hydrogens (tertiary/aromatic N) is 2. The van der Waals surface area contributed by atoms with Gasteiger partial charge < -0.3 is 15.0 Å². The van der Waals surface area contributed by atoms with Crippen LogP contribution < -0.4 is 10.1 Å². The van der Waals surface area contributed by atoms with Gasteiger partial charge in [-0.05, 0) is 30.9 Å². The fourth-order valence-electron chi connectivity index (χ4n) is 2.81. The molecule has 132 valence electrons. The summed E-state index contributed by atoms with van der Waals surface area (Å²) in [5, 5.41) is 4.86. The molecule has 25 heavy (non-hydrogen) atoms. The van der Waals surface area contributed by atoms with Crippen molar-refractivity contribution in [2.45, 2.75) is 39.2 Å². The van der Waals surface area contributed by atoms with E-state index in [2.05, 4.69) is 52.3 Å². The molecule has 3 rings (SSSR count). The number of ether oxygens (including phenoxy) is 1. The van der Waals surface area contributed by atoms with Crippen molar-refractivity contribution in [1.82, 2.24) is 15.0 Å². The van der Waals surface area contributed by atoms with Crippen molar-refractivity contribution >= 4 is 28.5 Å². The number of aromatic nitrogens is 3. The number of aromatic amines is 1. The number of halogens is 1. The van der Waals surface area contributed by atoms with E-state index in [9.17, 15) is 0 Å². The summed E-state index contributed by atoms with van der Waals surface area (Å²) in [4.78, 5) is 11.9. The van der Waals surface area contributed by atoms with Gasteiger partial charge in [-0.15, -0.1) is 0 Å². The predicted octanol–water partition coefficient (Wildman–Crippen LogP) is 4.83. The van der Waals surface area contributed by atoms with Gasteiger partial charge in [0.05, 0.1) is 6.10 Å². The Morgan fingerprint density at radius 2 is 2.00 bits per heavy atom. The average Bonchev–Trinajstić information content (AvgIpc) is 3.02. The SMILES string of the molecule is CCC(CC)Oc1cc(Cl)nc(NCCc2c[nH]c3ccccc23)n1. The standard InChI is InChI=1S/C19H23ClN4O/c1-3-14(4-2)25-18-11-17(20)23-19(24-18)21-10-9-13-12-22-16-8-6-5-7-15(13)16/h5-8,11-12,14,22H,3-4,9-10H2,1-2H3,(H,21,23,24). The zero-order valence-electron chi connectivity index (χ0n) is 14.6. The molecule has 0 aliphatic heterocycles. The molecule has 2 N–H and O–H groups in total. The van der Waals surface area contributed by atoms with E-state index in [0.29, 0.717) is 23.5 Å². The highest BCUT2D eigenvalue weighted by atomic mass is 35.5. The van der Waals surface area contributed by atoms with Crippen LogP contribution in [0.25, 0.3) is 10.9 Å². The molecular formula is C19H23ClN4O. The molecule has 0 spiro atoms. The van der Waals surface area contributed by atoms with Crippen LogP contribution in [0.15, 0.2) is 36.5 Å². The van der Waals surface area contributed by atoms with Crippen molar-refractivity contribution in [3.8, 4) is 5.88 Å². The maximum atomic E-state index is 6.10. The lowest BCUT2D eigenvalue weighted by molar-refractivity contribution is 0.185. The molecule has 0 aliphatic carbocycles. The lowest BCUT2D eigenvalue weighted by Gasteiger charge is -2.15. The first-order valence-corrected chi connectivity index (χ1v) is 9.07. The second kappa shape index (κ2) is 8.21. The topological polar surface area (TPSA) is 62.8 Å². The van der Waals surface area contributed by atoms with E-state index in [-0.39, 0.29) is 6.10 Å². The van der Waals surface area contributed by atoms with Gasteiger partial charge >= 0.3 is 0 Å². The van der Waals surface area contributed by atoms with E-state index in [1.165, 1.54) is 10.9 Å². The van der Waals surface area contributed by atoms with Gasteiger partial charge in [-0.25, -0.2) is 4.98 Å². The third kappa shape index (κ3) is 4.42. The van der Waals surface area contributed by atoms with E-state index >= 15 is 0 Å². The third-order valence-corrected chi connectivity index (χ3v) is 4.42. The van der Waals surface area contributed by atoms with Crippen molar-refractivity contribution in [2.75, 3.05) is 11.9 Å². The molecule has 0 atom stereocenters. The van der Waals surface area contributed by atoms with Gasteiger partial charge in [0.25, 0.3) is 0 Å². The van der Waals surface area contributed by atoms with Crippen LogP contribution in [0, 0.1) is 0 Å². The maximum absolute atomic E-state index is 6.10. The van der Waals surface area contributed by atoms with Crippen LogP contribution in [0.2, 0.25) is 5.15 Å². The van der Waals surface area contributed by atoms with Crippen molar-refractivity contribution in [1.29, 1.82) is 0 Å².